The van der Waals surface area contributed by atoms with Crippen LogP contribution in [0.1, 0.15) is 31.9 Å². The predicted octanol–water partition coefficient (Wildman–Crippen LogP) is 1.39. The number of aliphatic hydroxyl groups excluding tert-OH is 1. The van der Waals surface area contributed by atoms with Gasteiger partial charge in [0.15, 0.2) is 0 Å². The summed E-state index contributed by atoms with van der Waals surface area (Å²) in [5, 5.41) is 9.55. The molecule has 0 aliphatic rings. The van der Waals surface area contributed by atoms with Gasteiger partial charge in [-0.05, 0) is 38.3 Å². The number of carbonyl (C=O) groups excluding carboxylic acids is 2. The van der Waals surface area contributed by atoms with Crippen molar-refractivity contribution < 1.29 is 19.4 Å². The maximum Gasteiger partial charge on any atom is 0.408 e. The van der Waals surface area contributed by atoms with Crippen molar-refractivity contribution in [3.05, 3.63) is 35.4 Å². The molecular formula is C16H26N2O4. The van der Waals surface area contributed by atoms with E-state index in [0.717, 1.165) is 18.2 Å². The fraction of sp³-hybridized carbons (Fsp3) is 0.500. The summed E-state index contributed by atoms with van der Waals surface area (Å²) in [4.78, 5) is 22.7. The van der Waals surface area contributed by atoms with Crippen molar-refractivity contribution in [2.45, 2.75) is 45.4 Å². The minimum absolute atomic E-state index is 0.424. The van der Waals surface area contributed by atoms with Gasteiger partial charge in [0, 0.05) is 13.7 Å². The van der Waals surface area contributed by atoms with Crippen molar-refractivity contribution in [1.82, 2.24) is 5.32 Å². The van der Waals surface area contributed by atoms with Crippen LogP contribution in [0.15, 0.2) is 24.3 Å². The first-order valence-electron chi connectivity index (χ1n) is 7.01. The Morgan fingerprint density at radius 2 is 1.77 bits per heavy atom. The monoisotopic (exact) mass is 310 g/mol. The number of ether oxygens (including phenoxy) is 1. The zero-order chi connectivity index (χ0) is 17.2. The van der Waals surface area contributed by atoms with E-state index < -0.39 is 17.7 Å². The molecule has 0 spiro atoms. The van der Waals surface area contributed by atoms with Crippen molar-refractivity contribution in [3.63, 3.8) is 0 Å². The third-order valence-electron chi connectivity index (χ3n) is 2.58. The van der Waals surface area contributed by atoms with E-state index >= 15 is 0 Å². The largest absolute Gasteiger partial charge is 0.444 e. The van der Waals surface area contributed by atoms with Crippen molar-refractivity contribution in [2.24, 2.45) is 5.73 Å². The van der Waals surface area contributed by atoms with Crippen LogP contribution < -0.4 is 11.1 Å². The summed E-state index contributed by atoms with van der Waals surface area (Å²) in [6.07, 6.45) is 0.544. The van der Waals surface area contributed by atoms with Gasteiger partial charge in [-0.2, -0.15) is 0 Å². The van der Waals surface area contributed by atoms with Gasteiger partial charge < -0.3 is 25.7 Å². The number of nitrogens with two attached hydrogens (primary N) is 1. The van der Waals surface area contributed by atoms with Crippen LogP contribution in [0.4, 0.5) is 4.79 Å². The molecular weight excluding hydrogens is 284 g/mol. The highest BCUT2D eigenvalue weighted by molar-refractivity contribution is 5.73. The molecule has 1 amide bonds. The van der Waals surface area contributed by atoms with Crippen LogP contribution in [-0.4, -0.2) is 36.2 Å². The number of hydrogen-bond acceptors (Lipinski definition) is 5. The highest BCUT2D eigenvalue weighted by Crippen LogP contribution is 2.09. The lowest BCUT2D eigenvalue weighted by molar-refractivity contribution is -0.109. The summed E-state index contributed by atoms with van der Waals surface area (Å²) in [5.74, 6) is 0. The van der Waals surface area contributed by atoms with Crippen LogP contribution in [-0.2, 0) is 22.5 Å². The molecule has 124 valence electrons. The minimum atomic E-state index is -0.603. The van der Waals surface area contributed by atoms with E-state index in [1.165, 1.54) is 0 Å². The van der Waals surface area contributed by atoms with E-state index in [-0.39, 0.29) is 0 Å². The van der Waals surface area contributed by atoms with Crippen molar-refractivity contribution in [3.8, 4) is 0 Å². The van der Waals surface area contributed by atoms with Gasteiger partial charge >= 0.3 is 6.09 Å². The first-order valence-corrected chi connectivity index (χ1v) is 7.01. The fourth-order valence-electron chi connectivity index (χ4n) is 1.66. The molecule has 0 saturated carbocycles. The third kappa shape index (κ3) is 8.39. The van der Waals surface area contributed by atoms with Gasteiger partial charge in [0.25, 0.3) is 0 Å². The van der Waals surface area contributed by atoms with Crippen LogP contribution >= 0.6 is 0 Å². The molecule has 0 aliphatic heterocycles. The number of amides is 1. The number of carbonyl (C=O) groups is 2. The number of hydrogen-bond donors (Lipinski definition) is 3. The second kappa shape index (κ2) is 9.92. The number of rotatable bonds is 5. The molecule has 0 bridgehead atoms. The van der Waals surface area contributed by atoms with Gasteiger partial charge in [0.1, 0.15) is 11.9 Å². The predicted molar refractivity (Wildman–Crippen MR) is 85.4 cm³/mol. The number of benzene rings is 1. The third-order valence-corrected chi connectivity index (χ3v) is 2.58. The van der Waals surface area contributed by atoms with Gasteiger partial charge in [0.2, 0.25) is 0 Å². The summed E-state index contributed by atoms with van der Waals surface area (Å²) in [6, 6.07) is 7.01. The normalized spacial score (nSPS) is 11.7. The highest BCUT2D eigenvalue weighted by Gasteiger charge is 2.19. The van der Waals surface area contributed by atoms with E-state index in [4.69, 9.17) is 15.6 Å². The standard InChI is InChI=1S/C15H22N2O3.CH4O/c1-15(2,3)20-14(19)17-13(10-18)8-11-4-6-12(9-16)7-5-11;1-2/h4-7,10,13H,8-9,16H2,1-3H3,(H,17,19);2H,1H3/t13-;/m0./s1. The van der Waals surface area contributed by atoms with E-state index in [1.54, 1.807) is 20.8 Å². The van der Waals surface area contributed by atoms with Gasteiger partial charge in [-0.1, -0.05) is 24.3 Å². The molecule has 1 aromatic carbocycles. The Labute approximate surface area is 131 Å². The van der Waals surface area contributed by atoms with E-state index in [0.29, 0.717) is 19.3 Å². The minimum Gasteiger partial charge on any atom is -0.444 e. The first kappa shape index (κ1) is 20.1. The van der Waals surface area contributed by atoms with Crippen LogP contribution in [0, 0.1) is 0 Å². The Kier molecular flexibility index (Phi) is 9.05. The van der Waals surface area contributed by atoms with Gasteiger partial charge in [-0.3, -0.25) is 0 Å². The quantitative estimate of drug-likeness (QED) is 0.713. The van der Waals surface area contributed by atoms with E-state index in [9.17, 15) is 9.59 Å². The highest BCUT2D eigenvalue weighted by atomic mass is 16.6. The van der Waals surface area contributed by atoms with E-state index in [2.05, 4.69) is 5.32 Å². The Balaban J connectivity index is 0.00000211. The lowest BCUT2D eigenvalue weighted by atomic mass is 10.1. The molecule has 6 heteroatoms. The molecule has 22 heavy (non-hydrogen) atoms. The zero-order valence-electron chi connectivity index (χ0n) is 13.6. The van der Waals surface area contributed by atoms with Crippen LogP contribution in [0.2, 0.25) is 0 Å². The number of aldehydes is 1. The Hall–Kier alpha value is -1.92. The molecule has 0 aliphatic carbocycles. The molecule has 1 atom stereocenters. The average molecular weight is 310 g/mol. The second-order valence-electron chi connectivity index (χ2n) is 5.61. The Morgan fingerprint density at radius 3 is 2.18 bits per heavy atom. The number of aliphatic hydroxyl groups is 1. The molecule has 4 N–H and O–H groups in total. The molecule has 0 unspecified atom stereocenters. The summed E-state index contributed by atoms with van der Waals surface area (Å²) in [5.41, 5.74) is 6.92. The fourth-order valence-corrected chi connectivity index (χ4v) is 1.66. The first-order chi connectivity index (χ1) is 10.3. The topological polar surface area (TPSA) is 102 Å². The molecule has 0 heterocycles. The lowest BCUT2D eigenvalue weighted by Crippen LogP contribution is -2.41. The summed E-state index contributed by atoms with van der Waals surface area (Å²) in [6.45, 7) is 5.80. The number of alkyl carbamates (subject to hydrolysis) is 1. The molecule has 1 aromatic rings. The zero-order valence-corrected chi connectivity index (χ0v) is 13.6. The van der Waals surface area contributed by atoms with Gasteiger partial charge in [0.05, 0.1) is 6.04 Å². The summed E-state index contributed by atoms with van der Waals surface area (Å²) in [7, 11) is 1.00. The molecule has 0 saturated heterocycles. The smallest absolute Gasteiger partial charge is 0.408 e. The number of nitrogens with one attached hydrogen (secondary N) is 1. The molecule has 6 nitrogen and oxygen atoms in total. The van der Waals surface area contributed by atoms with Crippen molar-refractivity contribution in [1.29, 1.82) is 0 Å². The molecule has 0 aromatic heterocycles. The lowest BCUT2D eigenvalue weighted by Gasteiger charge is -2.21. The molecule has 1 rings (SSSR count). The Bertz CT molecular complexity index is 452. The van der Waals surface area contributed by atoms with Crippen LogP contribution in [0.5, 0.6) is 0 Å². The second-order valence-corrected chi connectivity index (χ2v) is 5.61. The summed E-state index contributed by atoms with van der Waals surface area (Å²) < 4.78 is 5.12. The van der Waals surface area contributed by atoms with Crippen LogP contribution in [0.3, 0.4) is 0 Å². The van der Waals surface area contributed by atoms with Crippen LogP contribution in [0.25, 0.3) is 0 Å². The van der Waals surface area contributed by atoms with Crippen molar-refractivity contribution in [2.75, 3.05) is 7.11 Å². The van der Waals surface area contributed by atoms with E-state index in [1.807, 2.05) is 24.3 Å². The molecule has 0 radical (unpaired) electrons. The SMILES string of the molecule is CC(C)(C)OC(=O)N[C@H](C=O)Cc1ccc(CN)cc1.CO. The van der Waals surface area contributed by atoms with Gasteiger partial charge in [-0.25, -0.2) is 4.79 Å². The molecule has 0 fully saturated rings. The average Bonchev–Trinajstić information content (AvgIpc) is 2.47. The van der Waals surface area contributed by atoms with Gasteiger partial charge in [-0.15, -0.1) is 0 Å². The Morgan fingerprint density at radius 1 is 1.27 bits per heavy atom. The summed E-state index contributed by atoms with van der Waals surface area (Å²) >= 11 is 0. The maximum absolute atomic E-state index is 11.6. The maximum atomic E-state index is 11.6. The van der Waals surface area contributed by atoms with Crippen molar-refractivity contribution >= 4 is 12.4 Å².